The zero-order valence-corrected chi connectivity index (χ0v) is 21.2. The average Bonchev–Trinajstić information content (AvgIpc) is 3.70. The van der Waals surface area contributed by atoms with Gasteiger partial charge in [0.05, 0.1) is 0 Å². The summed E-state index contributed by atoms with van der Waals surface area (Å²) >= 11 is 0. The molecule has 5 nitrogen and oxygen atoms in total. The van der Waals surface area contributed by atoms with Crippen molar-refractivity contribution in [3.05, 3.63) is 83.2 Å². The molecule has 3 unspecified atom stereocenters. The van der Waals surface area contributed by atoms with Crippen LogP contribution in [-0.2, 0) is 22.7 Å². The Hall–Kier alpha value is -2.79. The van der Waals surface area contributed by atoms with E-state index in [1.54, 1.807) is 0 Å². The summed E-state index contributed by atoms with van der Waals surface area (Å²) in [6.45, 7) is 9.67. The molecule has 5 rings (SSSR count). The fourth-order valence-corrected chi connectivity index (χ4v) is 5.65. The minimum absolute atomic E-state index is 0.188. The molecule has 2 aromatic carbocycles. The quantitative estimate of drug-likeness (QED) is 0.531. The Bertz CT molecular complexity index is 1000. The largest absolute Gasteiger partial charge is 0.474 e. The highest BCUT2D eigenvalue weighted by Crippen LogP contribution is 2.33. The van der Waals surface area contributed by atoms with Gasteiger partial charge in [-0.15, -0.1) is 0 Å². The second kappa shape index (κ2) is 10.9. The van der Waals surface area contributed by atoms with E-state index in [2.05, 4.69) is 71.4 Å². The smallest absolute Gasteiger partial charge is 0.245 e. The Morgan fingerprint density at radius 3 is 2.09 bits per heavy atom. The zero-order valence-electron chi connectivity index (χ0n) is 21.2. The summed E-state index contributed by atoms with van der Waals surface area (Å²) in [6.07, 6.45) is 3.35. The first-order valence-corrected chi connectivity index (χ1v) is 13.3. The number of carbonyl (C=O) groups is 1. The lowest BCUT2D eigenvalue weighted by atomic mass is 9.84. The number of hydrogen-bond donors (Lipinski definition) is 1. The predicted molar refractivity (Wildman–Crippen MR) is 139 cm³/mol. The molecule has 3 atom stereocenters. The Kier molecular flexibility index (Phi) is 7.43. The second-order valence-electron chi connectivity index (χ2n) is 11.0. The van der Waals surface area contributed by atoms with Crippen LogP contribution in [0.1, 0.15) is 44.2 Å². The number of nitrogens with zero attached hydrogens (tertiary/aromatic N) is 2. The number of rotatable bonds is 9. The molecule has 2 aliphatic heterocycles. The van der Waals surface area contributed by atoms with Crippen molar-refractivity contribution < 1.29 is 9.53 Å². The number of fused-ring (bicyclic) bond motifs is 2. The maximum absolute atomic E-state index is 13.8. The van der Waals surface area contributed by atoms with E-state index in [1.807, 2.05) is 18.2 Å². The van der Waals surface area contributed by atoms with Crippen molar-refractivity contribution >= 4 is 5.91 Å². The maximum Gasteiger partial charge on any atom is 0.245 e. The minimum atomic E-state index is -0.256. The standard InChI is InChI=1S/C30H39N3O2/c1-22(2)28(31-29(27-13-14-27)35-21-24-11-7-4-8-12-24)30(34)33-19-25-15-26(20-33)18-32(17-25)16-23-9-5-3-6-10-23/h3-12,22,25-26,28,31H,13-21H2,1-2H3. The maximum atomic E-state index is 13.8. The third kappa shape index (κ3) is 6.26. The molecule has 2 heterocycles. The van der Waals surface area contributed by atoms with Gasteiger partial charge in [-0.2, -0.15) is 0 Å². The van der Waals surface area contributed by atoms with Crippen molar-refractivity contribution in [2.45, 2.75) is 52.3 Å². The molecule has 3 fully saturated rings. The molecule has 2 aromatic rings. The number of hydrogen-bond acceptors (Lipinski definition) is 4. The van der Waals surface area contributed by atoms with E-state index in [0.29, 0.717) is 18.4 Å². The summed E-state index contributed by atoms with van der Waals surface area (Å²) in [5.41, 5.74) is 3.82. The fraction of sp³-hybridized carbons (Fsp3) is 0.500. The number of likely N-dealkylation sites (tertiary alicyclic amines) is 2. The van der Waals surface area contributed by atoms with Crippen LogP contribution in [-0.4, -0.2) is 47.9 Å². The van der Waals surface area contributed by atoms with Crippen molar-refractivity contribution in [1.82, 2.24) is 15.1 Å². The summed E-state index contributed by atoms with van der Waals surface area (Å²) in [4.78, 5) is 18.5. The van der Waals surface area contributed by atoms with Crippen molar-refractivity contribution in [3.8, 4) is 0 Å². The molecule has 2 saturated heterocycles. The van der Waals surface area contributed by atoms with E-state index in [-0.39, 0.29) is 17.9 Å². The molecule has 35 heavy (non-hydrogen) atoms. The number of piperidine rings is 2. The fourth-order valence-electron chi connectivity index (χ4n) is 5.65. The Morgan fingerprint density at radius 1 is 0.914 bits per heavy atom. The van der Waals surface area contributed by atoms with Crippen molar-refractivity contribution in [2.24, 2.45) is 17.8 Å². The molecule has 0 spiro atoms. The van der Waals surface area contributed by atoms with Crippen LogP contribution in [0.3, 0.4) is 0 Å². The van der Waals surface area contributed by atoms with Crippen LogP contribution in [0.25, 0.3) is 0 Å². The normalized spacial score (nSPS) is 22.6. The van der Waals surface area contributed by atoms with Gasteiger partial charge >= 0.3 is 0 Å². The first-order chi connectivity index (χ1) is 17.0. The Balaban J connectivity index is 1.20. The van der Waals surface area contributed by atoms with Gasteiger partial charge in [-0.25, -0.2) is 0 Å². The van der Waals surface area contributed by atoms with E-state index in [4.69, 9.17) is 4.74 Å². The molecular weight excluding hydrogens is 434 g/mol. The van der Waals surface area contributed by atoms with Gasteiger partial charge in [0.15, 0.2) is 5.88 Å². The van der Waals surface area contributed by atoms with Gasteiger partial charge < -0.3 is 15.0 Å². The molecule has 0 aromatic heterocycles. The molecular formula is C30H39N3O2. The summed E-state index contributed by atoms with van der Waals surface area (Å²) < 4.78 is 6.21. The lowest BCUT2D eigenvalue weighted by molar-refractivity contribution is -0.139. The van der Waals surface area contributed by atoms with Crippen LogP contribution in [0.5, 0.6) is 0 Å². The highest BCUT2D eigenvalue weighted by Gasteiger charge is 2.39. The highest BCUT2D eigenvalue weighted by molar-refractivity contribution is 5.82. The summed E-state index contributed by atoms with van der Waals surface area (Å²) in [5.74, 6) is 2.35. The molecule has 186 valence electrons. The monoisotopic (exact) mass is 473 g/mol. The Morgan fingerprint density at radius 2 is 1.51 bits per heavy atom. The van der Waals surface area contributed by atoms with E-state index < -0.39 is 0 Å². The van der Waals surface area contributed by atoms with Crippen LogP contribution >= 0.6 is 0 Å². The van der Waals surface area contributed by atoms with Gasteiger partial charge in [0.25, 0.3) is 0 Å². The highest BCUT2D eigenvalue weighted by atomic mass is 16.5. The van der Waals surface area contributed by atoms with Crippen LogP contribution in [0.2, 0.25) is 0 Å². The van der Waals surface area contributed by atoms with Crippen LogP contribution in [0.4, 0.5) is 0 Å². The number of carbonyl (C=O) groups excluding carboxylic acids is 1. The van der Waals surface area contributed by atoms with Gasteiger partial charge in [-0.3, -0.25) is 9.69 Å². The first kappa shape index (κ1) is 23.9. The predicted octanol–water partition coefficient (Wildman–Crippen LogP) is 4.80. The molecule has 1 N–H and O–H groups in total. The van der Waals surface area contributed by atoms with Crippen molar-refractivity contribution in [2.75, 3.05) is 26.2 Å². The number of nitrogens with one attached hydrogen (secondary N) is 1. The SMILES string of the molecule is CC(C)C(NC(OCc1ccccc1)=C1CC1)C(=O)N1CC2CC(CN(Cc3ccccc3)C2)C1. The van der Waals surface area contributed by atoms with Crippen LogP contribution in [0, 0.1) is 17.8 Å². The third-order valence-electron chi connectivity index (χ3n) is 7.48. The number of amides is 1. The molecule has 1 amide bonds. The molecule has 0 radical (unpaired) electrons. The number of ether oxygens (including phenoxy) is 1. The molecule has 1 aliphatic carbocycles. The number of benzene rings is 2. The Labute approximate surface area is 210 Å². The van der Waals surface area contributed by atoms with Gasteiger partial charge in [-0.05, 0) is 53.7 Å². The van der Waals surface area contributed by atoms with Gasteiger partial charge in [0.2, 0.25) is 5.91 Å². The van der Waals surface area contributed by atoms with Crippen LogP contribution in [0.15, 0.2) is 72.1 Å². The molecule has 3 aliphatic rings. The van der Waals surface area contributed by atoms with Crippen LogP contribution < -0.4 is 5.32 Å². The van der Waals surface area contributed by atoms with Gasteiger partial charge in [0, 0.05) is 32.7 Å². The lowest BCUT2D eigenvalue weighted by Gasteiger charge is -2.47. The average molecular weight is 474 g/mol. The van der Waals surface area contributed by atoms with Crippen molar-refractivity contribution in [1.29, 1.82) is 0 Å². The van der Waals surface area contributed by atoms with Gasteiger partial charge in [-0.1, -0.05) is 74.5 Å². The topological polar surface area (TPSA) is 44.8 Å². The summed E-state index contributed by atoms with van der Waals surface area (Å²) in [6, 6.07) is 20.7. The lowest BCUT2D eigenvalue weighted by Crippen LogP contribution is -2.58. The third-order valence-corrected chi connectivity index (χ3v) is 7.48. The van der Waals surface area contributed by atoms with E-state index >= 15 is 0 Å². The van der Waals surface area contributed by atoms with E-state index in [0.717, 1.165) is 57.0 Å². The molecule has 1 saturated carbocycles. The van der Waals surface area contributed by atoms with E-state index in [1.165, 1.54) is 17.6 Å². The number of allylic oxidation sites excluding steroid dienone is 1. The van der Waals surface area contributed by atoms with Crippen molar-refractivity contribution in [3.63, 3.8) is 0 Å². The second-order valence-corrected chi connectivity index (χ2v) is 11.0. The molecule has 2 bridgehead atoms. The summed E-state index contributed by atoms with van der Waals surface area (Å²) in [7, 11) is 0. The van der Waals surface area contributed by atoms with Gasteiger partial charge in [0.1, 0.15) is 12.6 Å². The van der Waals surface area contributed by atoms with E-state index in [9.17, 15) is 4.79 Å². The molecule has 5 heteroatoms. The zero-order chi connectivity index (χ0) is 24.2. The first-order valence-electron chi connectivity index (χ1n) is 13.3. The summed E-state index contributed by atoms with van der Waals surface area (Å²) in [5, 5.41) is 3.55. The minimum Gasteiger partial charge on any atom is -0.474 e.